The number of benzene rings is 2. The van der Waals surface area contributed by atoms with Gasteiger partial charge in [0.05, 0.1) is 0 Å². The molecule has 0 aromatic heterocycles. The Bertz CT molecular complexity index is 591. The van der Waals surface area contributed by atoms with E-state index in [9.17, 15) is 0 Å². The third-order valence-electron chi connectivity index (χ3n) is 4.29. The lowest BCUT2D eigenvalue weighted by Crippen LogP contribution is -2.26. The maximum Gasteiger partial charge on any atom is 0.0366 e. The zero-order valence-electron chi connectivity index (χ0n) is 11.8. The van der Waals surface area contributed by atoms with Crippen molar-refractivity contribution < 1.29 is 0 Å². The van der Waals surface area contributed by atoms with Gasteiger partial charge in [-0.2, -0.15) is 0 Å². The third kappa shape index (κ3) is 2.45. The van der Waals surface area contributed by atoms with Crippen LogP contribution in [0.15, 0.2) is 36.4 Å². The minimum atomic E-state index is 0.667. The minimum Gasteiger partial charge on any atom is -0.398 e. The average molecular weight is 254 g/mol. The lowest BCUT2D eigenvalue weighted by atomic mass is 10.0. The molecule has 1 aliphatic heterocycles. The second-order valence-electron chi connectivity index (χ2n) is 6.02. The van der Waals surface area contributed by atoms with Gasteiger partial charge in [-0.05, 0) is 47.7 Å². The van der Waals surface area contributed by atoms with E-state index in [-0.39, 0.29) is 0 Å². The van der Waals surface area contributed by atoms with Crippen molar-refractivity contribution >= 4 is 16.5 Å². The molecule has 1 aliphatic rings. The van der Waals surface area contributed by atoms with E-state index >= 15 is 0 Å². The van der Waals surface area contributed by atoms with Gasteiger partial charge in [-0.1, -0.05) is 31.2 Å². The van der Waals surface area contributed by atoms with Crippen LogP contribution in [-0.2, 0) is 6.54 Å². The van der Waals surface area contributed by atoms with Gasteiger partial charge in [0.2, 0.25) is 0 Å². The van der Waals surface area contributed by atoms with Crippen LogP contribution in [0.3, 0.4) is 0 Å². The molecule has 100 valence electrons. The standard InChI is InChI=1S/C17H22N2/c1-12-7-13(2)19(10-12)11-16-8-14-5-3-4-6-15(14)9-17(16)18/h3-6,8-9,12-13H,7,10-11,18H2,1-2H3. The van der Waals surface area contributed by atoms with Crippen LogP contribution in [-0.4, -0.2) is 17.5 Å². The number of nitrogens with two attached hydrogens (primary N) is 1. The molecule has 2 aromatic rings. The molecule has 1 saturated heterocycles. The van der Waals surface area contributed by atoms with Crippen molar-refractivity contribution in [3.05, 3.63) is 42.0 Å². The van der Waals surface area contributed by atoms with E-state index in [2.05, 4.69) is 55.1 Å². The zero-order chi connectivity index (χ0) is 13.4. The highest BCUT2D eigenvalue weighted by Gasteiger charge is 2.26. The smallest absolute Gasteiger partial charge is 0.0366 e. The van der Waals surface area contributed by atoms with Crippen LogP contribution in [0.5, 0.6) is 0 Å². The lowest BCUT2D eigenvalue weighted by molar-refractivity contribution is 0.257. The number of nitrogens with zero attached hydrogens (tertiary/aromatic N) is 1. The molecular formula is C17H22N2. The van der Waals surface area contributed by atoms with Crippen molar-refractivity contribution in [3.8, 4) is 0 Å². The molecular weight excluding hydrogens is 232 g/mol. The SMILES string of the molecule is CC1CC(C)N(Cc2cc3ccccc3cc2N)C1. The van der Waals surface area contributed by atoms with Crippen molar-refractivity contribution in [2.24, 2.45) is 5.92 Å². The summed E-state index contributed by atoms with van der Waals surface area (Å²) in [5.41, 5.74) is 8.40. The molecule has 1 heterocycles. The number of rotatable bonds is 2. The van der Waals surface area contributed by atoms with Gasteiger partial charge < -0.3 is 5.73 Å². The highest BCUT2D eigenvalue weighted by Crippen LogP contribution is 2.28. The molecule has 2 nitrogen and oxygen atoms in total. The Morgan fingerprint density at radius 1 is 1.16 bits per heavy atom. The molecule has 0 bridgehead atoms. The van der Waals surface area contributed by atoms with Crippen LogP contribution in [0, 0.1) is 5.92 Å². The maximum atomic E-state index is 6.22. The number of nitrogen functional groups attached to an aromatic ring is 1. The first-order valence-electron chi connectivity index (χ1n) is 7.14. The number of fused-ring (bicyclic) bond motifs is 1. The van der Waals surface area contributed by atoms with Gasteiger partial charge in [-0.25, -0.2) is 0 Å². The third-order valence-corrected chi connectivity index (χ3v) is 4.29. The van der Waals surface area contributed by atoms with Crippen molar-refractivity contribution in [1.29, 1.82) is 0 Å². The van der Waals surface area contributed by atoms with Crippen molar-refractivity contribution in [2.75, 3.05) is 12.3 Å². The number of hydrogen-bond acceptors (Lipinski definition) is 2. The van der Waals surface area contributed by atoms with Crippen LogP contribution in [0.2, 0.25) is 0 Å². The normalized spacial score (nSPS) is 24.1. The van der Waals surface area contributed by atoms with Gasteiger partial charge in [0.1, 0.15) is 0 Å². The van der Waals surface area contributed by atoms with E-state index in [1.54, 1.807) is 0 Å². The van der Waals surface area contributed by atoms with Gasteiger partial charge in [-0.15, -0.1) is 0 Å². The Morgan fingerprint density at radius 2 is 1.84 bits per heavy atom. The minimum absolute atomic E-state index is 0.667. The van der Waals surface area contributed by atoms with Gasteiger partial charge in [-0.3, -0.25) is 4.90 Å². The highest BCUT2D eigenvalue weighted by molar-refractivity contribution is 5.86. The van der Waals surface area contributed by atoms with E-state index < -0.39 is 0 Å². The topological polar surface area (TPSA) is 29.3 Å². The van der Waals surface area contributed by atoms with Crippen LogP contribution in [0.25, 0.3) is 10.8 Å². The number of hydrogen-bond donors (Lipinski definition) is 1. The number of likely N-dealkylation sites (tertiary alicyclic amines) is 1. The largest absolute Gasteiger partial charge is 0.398 e. The molecule has 2 heteroatoms. The first-order valence-corrected chi connectivity index (χ1v) is 7.14. The van der Waals surface area contributed by atoms with Crippen LogP contribution < -0.4 is 5.73 Å². The average Bonchev–Trinajstić information content (AvgIpc) is 2.69. The van der Waals surface area contributed by atoms with Gasteiger partial charge in [0, 0.05) is 24.8 Å². The summed E-state index contributed by atoms with van der Waals surface area (Å²) >= 11 is 0. The summed E-state index contributed by atoms with van der Waals surface area (Å²) in [4.78, 5) is 2.55. The molecule has 3 rings (SSSR count). The first kappa shape index (κ1) is 12.5. The molecule has 19 heavy (non-hydrogen) atoms. The number of anilines is 1. The van der Waals surface area contributed by atoms with E-state index in [4.69, 9.17) is 5.73 Å². The van der Waals surface area contributed by atoms with Crippen LogP contribution in [0.1, 0.15) is 25.8 Å². The van der Waals surface area contributed by atoms with Crippen molar-refractivity contribution in [1.82, 2.24) is 4.90 Å². The van der Waals surface area contributed by atoms with E-state index in [1.807, 2.05) is 0 Å². The molecule has 1 fully saturated rings. The summed E-state index contributed by atoms with van der Waals surface area (Å²) in [6, 6.07) is 13.5. The molecule has 0 aliphatic carbocycles. The van der Waals surface area contributed by atoms with E-state index in [1.165, 1.54) is 29.3 Å². The Morgan fingerprint density at radius 3 is 2.47 bits per heavy atom. The molecule has 0 radical (unpaired) electrons. The van der Waals surface area contributed by atoms with E-state index in [0.29, 0.717) is 6.04 Å². The fourth-order valence-electron chi connectivity index (χ4n) is 3.27. The predicted octanol–water partition coefficient (Wildman–Crippen LogP) is 3.65. The Labute approximate surface area is 115 Å². The molecule has 2 N–H and O–H groups in total. The van der Waals surface area contributed by atoms with Gasteiger partial charge >= 0.3 is 0 Å². The second-order valence-corrected chi connectivity index (χ2v) is 6.02. The quantitative estimate of drug-likeness (QED) is 0.829. The zero-order valence-corrected chi connectivity index (χ0v) is 11.8. The molecule has 0 spiro atoms. The maximum absolute atomic E-state index is 6.22. The summed E-state index contributed by atoms with van der Waals surface area (Å²) in [5, 5.41) is 2.51. The predicted molar refractivity (Wildman–Crippen MR) is 82.0 cm³/mol. The summed E-state index contributed by atoms with van der Waals surface area (Å²) in [6.07, 6.45) is 1.30. The Kier molecular flexibility index (Phi) is 3.19. The van der Waals surface area contributed by atoms with Crippen LogP contribution >= 0.6 is 0 Å². The summed E-state index contributed by atoms with van der Waals surface area (Å²) < 4.78 is 0. The van der Waals surface area contributed by atoms with Crippen molar-refractivity contribution in [3.63, 3.8) is 0 Å². The van der Waals surface area contributed by atoms with Gasteiger partial charge in [0.25, 0.3) is 0 Å². The molecule has 2 atom stereocenters. The van der Waals surface area contributed by atoms with Gasteiger partial charge in [0.15, 0.2) is 0 Å². The van der Waals surface area contributed by atoms with E-state index in [0.717, 1.165) is 18.2 Å². The monoisotopic (exact) mass is 254 g/mol. The fraction of sp³-hybridized carbons (Fsp3) is 0.412. The van der Waals surface area contributed by atoms with Crippen LogP contribution in [0.4, 0.5) is 5.69 Å². The Balaban J connectivity index is 1.90. The first-order chi connectivity index (χ1) is 9.13. The summed E-state index contributed by atoms with van der Waals surface area (Å²) in [6.45, 7) is 6.82. The summed E-state index contributed by atoms with van der Waals surface area (Å²) in [7, 11) is 0. The molecule has 0 amide bonds. The van der Waals surface area contributed by atoms with Crippen molar-refractivity contribution in [2.45, 2.75) is 32.9 Å². The highest BCUT2D eigenvalue weighted by atomic mass is 15.2. The molecule has 2 unspecified atom stereocenters. The lowest BCUT2D eigenvalue weighted by Gasteiger charge is -2.22. The second kappa shape index (κ2) is 4.86. The summed E-state index contributed by atoms with van der Waals surface area (Å²) in [5.74, 6) is 0.802. The molecule has 0 saturated carbocycles. The Hall–Kier alpha value is -1.54. The molecule has 2 aromatic carbocycles. The fourth-order valence-corrected chi connectivity index (χ4v) is 3.27.